The van der Waals surface area contributed by atoms with Gasteiger partial charge in [0, 0.05) is 10.7 Å². The fourth-order valence-electron chi connectivity index (χ4n) is 2.52. The number of aryl methyl sites for hydroxylation is 1. The van der Waals surface area contributed by atoms with Crippen LogP contribution in [0.4, 0.5) is 24.5 Å². The minimum absolute atomic E-state index is 0.111. The lowest BCUT2D eigenvalue weighted by atomic mass is 10.2. The van der Waals surface area contributed by atoms with Gasteiger partial charge in [0.05, 0.1) is 17.5 Å². The Morgan fingerprint density at radius 3 is 2.18 bits per heavy atom. The van der Waals surface area contributed by atoms with Crippen molar-refractivity contribution in [2.75, 3.05) is 15.9 Å². The van der Waals surface area contributed by atoms with Gasteiger partial charge >= 0.3 is 6.18 Å². The number of nitrogens with zero attached hydrogens (tertiary/aromatic N) is 1. The van der Waals surface area contributed by atoms with Crippen molar-refractivity contribution in [3.63, 3.8) is 0 Å². The van der Waals surface area contributed by atoms with E-state index in [-0.39, 0.29) is 11.4 Å². The third-order valence-corrected chi connectivity index (χ3v) is 5.63. The van der Waals surface area contributed by atoms with Gasteiger partial charge in [-0.05, 0) is 55.8 Å². The zero-order valence-corrected chi connectivity index (χ0v) is 16.8. The highest BCUT2D eigenvalue weighted by atomic mass is 35.5. The summed E-state index contributed by atoms with van der Waals surface area (Å²) < 4.78 is 63.3. The second-order valence-electron chi connectivity index (χ2n) is 6.23. The Kier molecular flexibility index (Phi) is 6.30. The second kappa shape index (κ2) is 8.00. The number of benzene rings is 2. The molecule has 2 rings (SSSR count). The minimum Gasteiger partial charge on any atom is -0.324 e. The van der Waals surface area contributed by atoms with Crippen molar-refractivity contribution in [2.45, 2.75) is 26.1 Å². The number of amides is 1. The van der Waals surface area contributed by atoms with Gasteiger partial charge in [-0.3, -0.25) is 9.10 Å². The van der Waals surface area contributed by atoms with E-state index in [4.69, 9.17) is 11.6 Å². The van der Waals surface area contributed by atoms with Crippen molar-refractivity contribution in [3.8, 4) is 0 Å². The SMILES string of the molecule is Cc1ccc(N([C@@H](C)C(=O)Nc2ccc(C(F)(F)F)cc2)S(C)(=O)=O)cc1Cl. The Bertz CT molecular complexity index is 977. The van der Waals surface area contributed by atoms with Crippen molar-refractivity contribution in [3.05, 3.63) is 58.6 Å². The van der Waals surface area contributed by atoms with Gasteiger partial charge in [0.15, 0.2) is 0 Å². The molecule has 5 nitrogen and oxygen atoms in total. The van der Waals surface area contributed by atoms with Gasteiger partial charge in [0.2, 0.25) is 15.9 Å². The average Bonchev–Trinajstić information content (AvgIpc) is 2.56. The molecule has 0 heterocycles. The number of rotatable bonds is 5. The molecule has 2 aromatic carbocycles. The van der Waals surface area contributed by atoms with Gasteiger partial charge in [-0.2, -0.15) is 13.2 Å². The molecule has 0 saturated heterocycles. The van der Waals surface area contributed by atoms with E-state index in [0.29, 0.717) is 5.02 Å². The van der Waals surface area contributed by atoms with E-state index >= 15 is 0 Å². The van der Waals surface area contributed by atoms with E-state index in [1.54, 1.807) is 13.0 Å². The first kappa shape index (κ1) is 22.0. The zero-order chi connectivity index (χ0) is 21.3. The topological polar surface area (TPSA) is 66.5 Å². The molecule has 0 aliphatic heterocycles. The number of carbonyl (C=O) groups is 1. The number of hydrogen-bond donors (Lipinski definition) is 1. The van der Waals surface area contributed by atoms with Gasteiger partial charge in [0.25, 0.3) is 0 Å². The lowest BCUT2D eigenvalue weighted by molar-refractivity contribution is -0.137. The first-order valence-electron chi connectivity index (χ1n) is 8.04. The largest absolute Gasteiger partial charge is 0.416 e. The molecule has 10 heteroatoms. The van der Waals surface area contributed by atoms with Crippen molar-refractivity contribution in [1.29, 1.82) is 0 Å². The number of sulfonamides is 1. The van der Waals surface area contributed by atoms with E-state index < -0.39 is 33.7 Å². The van der Waals surface area contributed by atoms with Gasteiger partial charge in [0.1, 0.15) is 6.04 Å². The maximum absolute atomic E-state index is 12.6. The molecule has 0 saturated carbocycles. The Balaban J connectivity index is 2.28. The van der Waals surface area contributed by atoms with E-state index in [1.165, 1.54) is 19.1 Å². The molecule has 0 fully saturated rings. The maximum atomic E-state index is 12.6. The van der Waals surface area contributed by atoms with Crippen LogP contribution in [0.3, 0.4) is 0 Å². The summed E-state index contributed by atoms with van der Waals surface area (Å²) in [6.45, 7) is 3.12. The Labute approximate surface area is 166 Å². The molecule has 1 N–H and O–H groups in total. The molecule has 0 unspecified atom stereocenters. The summed E-state index contributed by atoms with van der Waals surface area (Å²) in [5.41, 5.74) is 0.194. The summed E-state index contributed by atoms with van der Waals surface area (Å²) in [7, 11) is -3.85. The Morgan fingerprint density at radius 2 is 1.71 bits per heavy atom. The van der Waals surface area contributed by atoms with Gasteiger partial charge < -0.3 is 5.32 Å². The van der Waals surface area contributed by atoms with E-state index in [1.807, 2.05) is 0 Å². The molecule has 1 atom stereocenters. The molecule has 28 heavy (non-hydrogen) atoms. The number of alkyl halides is 3. The van der Waals surface area contributed by atoms with Gasteiger partial charge in [-0.1, -0.05) is 17.7 Å². The van der Waals surface area contributed by atoms with Crippen LogP contribution in [0.5, 0.6) is 0 Å². The molecule has 0 spiro atoms. The molecule has 2 aromatic rings. The highest BCUT2D eigenvalue weighted by molar-refractivity contribution is 7.92. The summed E-state index contributed by atoms with van der Waals surface area (Å²) >= 11 is 6.06. The molecular formula is C18H18ClF3N2O3S. The van der Waals surface area contributed by atoms with Crippen molar-refractivity contribution < 1.29 is 26.4 Å². The number of anilines is 2. The van der Waals surface area contributed by atoms with Crippen LogP contribution in [0, 0.1) is 6.92 Å². The monoisotopic (exact) mass is 434 g/mol. The van der Waals surface area contributed by atoms with Crippen molar-refractivity contribution >= 4 is 38.9 Å². The van der Waals surface area contributed by atoms with Crippen LogP contribution in [0.2, 0.25) is 5.02 Å². The molecule has 1 amide bonds. The van der Waals surface area contributed by atoms with Crippen LogP contribution in [0.15, 0.2) is 42.5 Å². The highest BCUT2D eigenvalue weighted by Gasteiger charge is 2.31. The van der Waals surface area contributed by atoms with E-state index in [9.17, 15) is 26.4 Å². The van der Waals surface area contributed by atoms with Crippen LogP contribution in [-0.4, -0.2) is 26.6 Å². The van der Waals surface area contributed by atoms with E-state index in [0.717, 1.165) is 40.4 Å². The van der Waals surface area contributed by atoms with E-state index in [2.05, 4.69) is 5.32 Å². The summed E-state index contributed by atoms with van der Waals surface area (Å²) in [5.74, 6) is -0.707. The normalized spacial score (nSPS) is 13.1. The number of carbonyl (C=O) groups excluding carboxylic acids is 1. The maximum Gasteiger partial charge on any atom is 0.416 e. The van der Waals surface area contributed by atoms with Crippen molar-refractivity contribution in [1.82, 2.24) is 0 Å². The lowest BCUT2D eigenvalue weighted by Crippen LogP contribution is -2.45. The summed E-state index contributed by atoms with van der Waals surface area (Å²) in [5, 5.41) is 2.76. The third-order valence-electron chi connectivity index (χ3n) is 3.98. The van der Waals surface area contributed by atoms with Crippen LogP contribution >= 0.6 is 11.6 Å². The second-order valence-corrected chi connectivity index (χ2v) is 8.50. The quantitative estimate of drug-likeness (QED) is 0.755. The third kappa shape index (κ3) is 5.17. The number of nitrogens with one attached hydrogen (secondary N) is 1. The van der Waals surface area contributed by atoms with Gasteiger partial charge in [-0.25, -0.2) is 8.42 Å². The minimum atomic E-state index is -4.49. The molecule has 152 valence electrons. The Hall–Kier alpha value is -2.26. The predicted octanol–water partition coefficient (Wildman–Crippen LogP) is 4.46. The molecule has 0 aliphatic rings. The standard InChI is InChI=1S/C18H18ClF3N2O3S/c1-11-4-9-15(10-16(11)19)24(28(3,26)27)12(2)17(25)23-14-7-5-13(6-8-14)18(20,21)22/h4-10,12H,1-3H3,(H,23,25)/t12-/m0/s1. The smallest absolute Gasteiger partial charge is 0.324 e. The van der Waals surface area contributed by atoms with Crippen molar-refractivity contribution in [2.24, 2.45) is 0 Å². The zero-order valence-electron chi connectivity index (χ0n) is 15.2. The van der Waals surface area contributed by atoms with Crippen LogP contribution in [0.25, 0.3) is 0 Å². The number of halogens is 4. The molecule has 0 aromatic heterocycles. The first-order chi connectivity index (χ1) is 12.8. The summed E-state index contributed by atoms with van der Waals surface area (Å²) in [6.07, 6.45) is -3.55. The molecular weight excluding hydrogens is 417 g/mol. The Morgan fingerprint density at radius 1 is 1.14 bits per heavy atom. The van der Waals surface area contributed by atoms with Crippen LogP contribution in [-0.2, 0) is 21.0 Å². The van der Waals surface area contributed by atoms with Crippen LogP contribution in [0.1, 0.15) is 18.1 Å². The average molecular weight is 435 g/mol. The fraction of sp³-hybridized carbons (Fsp3) is 0.278. The molecule has 0 radical (unpaired) electrons. The fourth-order valence-corrected chi connectivity index (χ4v) is 3.86. The first-order valence-corrected chi connectivity index (χ1v) is 10.3. The summed E-state index contributed by atoms with van der Waals surface area (Å²) in [6, 6.07) is 7.25. The van der Waals surface area contributed by atoms with Crippen LogP contribution < -0.4 is 9.62 Å². The number of hydrogen-bond acceptors (Lipinski definition) is 3. The lowest BCUT2D eigenvalue weighted by Gasteiger charge is -2.28. The molecule has 0 bridgehead atoms. The van der Waals surface area contributed by atoms with Gasteiger partial charge in [-0.15, -0.1) is 0 Å². The predicted molar refractivity (Wildman–Crippen MR) is 103 cm³/mol. The molecule has 0 aliphatic carbocycles. The summed E-state index contributed by atoms with van der Waals surface area (Å²) in [4.78, 5) is 12.5. The highest BCUT2D eigenvalue weighted by Crippen LogP contribution is 2.30.